The molecule has 2 aliphatic rings. The summed E-state index contributed by atoms with van der Waals surface area (Å²) in [6.07, 6.45) is 0.562. The van der Waals surface area contributed by atoms with Crippen LogP contribution in [0.1, 0.15) is 17.5 Å². The summed E-state index contributed by atoms with van der Waals surface area (Å²) in [5.41, 5.74) is 6.65. The van der Waals surface area contributed by atoms with Crippen LogP contribution in [0.25, 0.3) is 0 Å². The van der Waals surface area contributed by atoms with E-state index >= 15 is 0 Å². The highest BCUT2D eigenvalue weighted by atomic mass is 32.2. The van der Waals surface area contributed by atoms with Crippen molar-refractivity contribution in [3.8, 4) is 5.75 Å². The third-order valence-corrected chi connectivity index (χ3v) is 6.79. The number of nitrogens with two attached hydrogens (primary N) is 1. The van der Waals surface area contributed by atoms with Gasteiger partial charge in [-0.1, -0.05) is 30.0 Å². The smallest absolute Gasteiger partial charge is 0.341 e. The minimum atomic E-state index is -0.982. The van der Waals surface area contributed by atoms with E-state index in [1.54, 1.807) is 14.1 Å². The number of rotatable bonds is 3. The Labute approximate surface area is 177 Å². The third-order valence-electron chi connectivity index (χ3n) is 5.26. The molecule has 1 spiro atoms. The standard InChI is InChI=1S/C21H22F2N4O2S/c1-26(2)20(28)27-21(30-19(25-27)15-11-14(22)7-8-17(15)23)13(9-10-24)12-29-18-6-4-3-5-16(18)21/h3-8,11,13H,9-10,12,24H2,1-2H3/t13-,21+/m0/s1. The molecule has 0 fully saturated rings. The summed E-state index contributed by atoms with van der Waals surface area (Å²) in [6, 6.07) is 10.3. The second kappa shape index (κ2) is 7.88. The molecule has 158 valence electrons. The highest BCUT2D eigenvalue weighted by Crippen LogP contribution is 2.57. The van der Waals surface area contributed by atoms with Crippen molar-refractivity contribution in [1.29, 1.82) is 0 Å². The zero-order valence-corrected chi connectivity index (χ0v) is 17.5. The lowest BCUT2D eigenvalue weighted by molar-refractivity contribution is 0.0677. The number of amides is 2. The molecular formula is C21H22F2N4O2S. The second-order valence-electron chi connectivity index (χ2n) is 7.40. The number of fused-ring (bicyclic) bond motifs is 2. The summed E-state index contributed by atoms with van der Waals surface area (Å²) >= 11 is 1.24. The molecule has 0 aromatic heterocycles. The Bertz CT molecular complexity index is 1020. The van der Waals surface area contributed by atoms with Crippen LogP contribution in [0.2, 0.25) is 0 Å². The molecule has 0 unspecified atom stereocenters. The van der Waals surface area contributed by atoms with Gasteiger partial charge in [-0.15, -0.1) is 0 Å². The molecule has 2 N–H and O–H groups in total. The highest BCUT2D eigenvalue weighted by molar-refractivity contribution is 8.15. The molecule has 0 saturated heterocycles. The number of benzene rings is 2. The molecule has 2 aromatic rings. The van der Waals surface area contributed by atoms with Crippen molar-refractivity contribution in [3.05, 3.63) is 65.2 Å². The maximum absolute atomic E-state index is 14.6. The predicted octanol–water partition coefficient (Wildman–Crippen LogP) is 3.57. The van der Waals surface area contributed by atoms with Gasteiger partial charge in [0.25, 0.3) is 0 Å². The van der Waals surface area contributed by atoms with Gasteiger partial charge in [-0.05, 0) is 37.2 Å². The van der Waals surface area contributed by atoms with E-state index in [-0.39, 0.29) is 22.6 Å². The van der Waals surface area contributed by atoms with Gasteiger partial charge in [-0.3, -0.25) is 0 Å². The summed E-state index contributed by atoms with van der Waals surface area (Å²) in [4.78, 5) is 13.6. The Hall–Kier alpha value is -2.65. The van der Waals surface area contributed by atoms with Gasteiger partial charge >= 0.3 is 6.03 Å². The first-order valence-corrected chi connectivity index (χ1v) is 10.4. The monoisotopic (exact) mass is 432 g/mol. The molecule has 2 atom stereocenters. The number of halogens is 2. The molecule has 2 aliphatic heterocycles. The minimum Gasteiger partial charge on any atom is -0.493 e. The molecule has 0 bridgehead atoms. The average molecular weight is 432 g/mol. The predicted molar refractivity (Wildman–Crippen MR) is 112 cm³/mol. The van der Waals surface area contributed by atoms with E-state index in [0.29, 0.717) is 25.3 Å². The Kier molecular flexibility index (Phi) is 5.42. The summed E-state index contributed by atoms with van der Waals surface area (Å²) in [5, 5.41) is 6.12. The van der Waals surface area contributed by atoms with Crippen molar-refractivity contribution in [2.75, 3.05) is 27.2 Å². The van der Waals surface area contributed by atoms with Gasteiger partial charge in [0.15, 0.2) is 4.87 Å². The van der Waals surface area contributed by atoms with Crippen LogP contribution >= 0.6 is 11.8 Å². The topological polar surface area (TPSA) is 71.2 Å². The quantitative estimate of drug-likeness (QED) is 0.805. The Morgan fingerprint density at radius 3 is 2.83 bits per heavy atom. The van der Waals surface area contributed by atoms with Crippen LogP contribution in [-0.2, 0) is 4.87 Å². The van der Waals surface area contributed by atoms with E-state index in [0.717, 1.165) is 23.8 Å². The van der Waals surface area contributed by atoms with Crippen molar-refractivity contribution >= 4 is 22.8 Å². The lowest BCUT2D eigenvalue weighted by Crippen LogP contribution is -2.53. The SMILES string of the molecule is CN(C)C(=O)N1N=C(c2cc(F)ccc2F)S[C@]12c1ccccc1OC[C@@H]2CCN. The van der Waals surface area contributed by atoms with Gasteiger partial charge in [0.05, 0.1) is 6.61 Å². The summed E-state index contributed by atoms with van der Waals surface area (Å²) in [6.45, 7) is 0.707. The largest absolute Gasteiger partial charge is 0.493 e. The van der Waals surface area contributed by atoms with Crippen LogP contribution in [0.4, 0.5) is 13.6 Å². The average Bonchev–Trinajstić information content (AvgIpc) is 3.12. The van der Waals surface area contributed by atoms with Gasteiger partial charge in [0, 0.05) is 31.1 Å². The van der Waals surface area contributed by atoms with E-state index < -0.39 is 16.5 Å². The Balaban J connectivity index is 1.92. The summed E-state index contributed by atoms with van der Waals surface area (Å²) in [5.74, 6) is -0.755. The number of hydrogen-bond donors (Lipinski definition) is 1. The number of ether oxygens (including phenoxy) is 1. The van der Waals surface area contributed by atoms with Crippen LogP contribution in [0.3, 0.4) is 0 Å². The van der Waals surface area contributed by atoms with Gasteiger partial charge in [-0.2, -0.15) is 10.1 Å². The number of hydrazone groups is 1. The first kappa shape index (κ1) is 20.6. The van der Waals surface area contributed by atoms with E-state index in [1.807, 2.05) is 24.3 Å². The number of nitrogens with zero attached hydrogens (tertiary/aromatic N) is 3. The first-order valence-electron chi connectivity index (χ1n) is 9.55. The van der Waals surface area contributed by atoms with E-state index in [9.17, 15) is 13.6 Å². The molecule has 9 heteroatoms. The van der Waals surface area contributed by atoms with Gasteiger partial charge in [-0.25, -0.2) is 13.6 Å². The summed E-state index contributed by atoms with van der Waals surface area (Å²) in [7, 11) is 3.25. The number of carbonyl (C=O) groups excluding carboxylic acids is 1. The first-order chi connectivity index (χ1) is 14.4. The van der Waals surface area contributed by atoms with Gasteiger partial charge < -0.3 is 15.4 Å². The normalized spacial score (nSPS) is 22.5. The molecule has 0 radical (unpaired) electrons. The Morgan fingerprint density at radius 1 is 1.33 bits per heavy atom. The fourth-order valence-corrected chi connectivity index (χ4v) is 5.36. The van der Waals surface area contributed by atoms with Gasteiger partial charge in [0.2, 0.25) is 0 Å². The molecule has 2 amide bonds. The molecule has 0 saturated carbocycles. The molecule has 30 heavy (non-hydrogen) atoms. The fraction of sp³-hybridized carbons (Fsp3) is 0.333. The lowest BCUT2D eigenvalue weighted by Gasteiger charge is -2.45. The molecule has 0 aliphatic carbocycles. The van der Waals surface area contributed by atoms with Crippen molar-refractivity contribution < 1.29 is 18.3 Å². The van der Waals surface area contributed by atoms with Crippen LogP contribution in [0.5, 0.6) is 5.75 Å². The fourth-order valence-electron chi connectivity index (χ4n) is 3.84. The minimum absolute atomic E-state index is 0.0175. The summed E-state index contributed by atoms with van der Waals surface area (Å²) < 4.78 is 34.4. The molecule has 6 nitrogen and oxygen atoms in total. The number of carbonyl (C=O) groups is 1. The highest BCUT2D eigenvalue weighted by Gasteiger charge is 2.57. The maximum atomic E-state index is 14.6. The molecular weight excluding hydrogens is 410 g/mol. The maximum Gasteiger partial charge on any atom is 0.341 e. The lowest BCUT2D eigenvalue weighted by atomic mass is 9.87. The number of thioether (sulfide) groups is 1. The zero-order valence-electron chi connectivity index (χ0n) is 16.6. The number of urea groups is 1. The van der Waals surface area contributed by atoms with Crippen molar-refractivity contribution in [1.82, 2.24) is 9.91 Å². The Morgan fingerprint density at radius 2 is 2.10 bits per heavy atom. The number of para-hydroxylation sites is 1. The second-order valence-corrected chi connectivity index (χ2v) is 8.61. The van der Waals surface area contributed by atoms with Gasteiger partial charge in [0.1, 0.15) is 22.4 Å². The number of hydrogen-bond acceptors (Lipinski definition) is 5. The molecule has 4 rings (SSSR count). The molecule has 2 aromatic carbocycles. The van der Waals surface area contributed by atoms with Crippen LogP contribution in [-0.4, -0.2) is 48.2 Å². The van der Waals surface area contributed by atoms with Crippen molar-refractivity contribution in [2.24, 2.45) is 16.8 Å². The third kappa shape index (κ3) is 3.22. The van der Waals surface area contributed by atoms with Crippen molar-refractivity contribution in [2.45, 2.75) is 11.3 Å². The van der Waals surface area contributed by atoms with E-state index in [4.69, 9.17) is 10.5 Å². The van der Waals surface area contributed by atoms with Crippen LogP contribution < -0.4 is 10.5 Å². The zero-order chi connectivity index (χ0) is 21.5. The van der Waals surface area contributed by atoms with E-state index in [1.165, 1.54) is 21.7 Å². The van der Waals surface area contributed by atoms with E-state index in [2.05, 4.69) is 5.10 Å². The molecule has 2 heterocycles. The van der Waals surface area contributed by atoms with Crippen molar-refractivity contribution in [3.63, 3.8) is 0 Å². The van der Waals surface area contributed by atoms with Crippen LogP contribution in [0.15, 0.2) is 47.6 Å². The van der Waals surface area contributed by atoms with Crippen LogP contribution in [0, 0.1) is 17.6 Å².